The van der Waals surface area contributed by atoms with Gasteiger partial charge in [0.1, 0.15) is 5.60 Å². The molecule has 0 heterocycles. The van der Waals surface area contributed by atoms with Crippen molar-refractivity contribution in [3.05, 3.63) is 0 Å². The van der Waals surface area contributed by atoms with Crippen LogP contribution in [-0.2, 0) is 9.53 Å². The molecule has 0 radical (unpaired) electrons. The van der Waals surface area contributed by atoms with Gasteiger partial charge in [0.05, 0.1) is 6.42 Å². The Morgan fingerprint density at radius 1 is 1.38 bits per heavy atom. The first-order valence-corrected chi connectivity index (χ1v) is 6.22. The summed E-state index contributed by atoms with van der Waals surface area (Å²) in [6.07, 6.45) is 3.56. The summed E-state index contributed by atoms with van der Waals surface area (Å²) in [5, 5.41) is 0. The van der Waals surface area contributed by atoms with Gasteiger partial charge in [0.25, 0.3) is 0 Å². The lowest BCUT2D eigenvalue weighted by molar-refractivity contribution is -0.155. The molecule has 0 aromatic rings. The molecule has 0 bridgehead atoms. The Balaban J connectivity index is 3.87. The van der Waals surface area contributed by atoms with Gasteiger partial charge in [0, 0.05) is 6.04 Å². The van der Waals surface area contributed by atoms with E-state index in [-0.39, 0.29) is 12.0 Å². The fraction of sp³-hybridized carbons (Fsp3) is 0.923. The quantitative estimate of drug-likeness (QED) is 0.712. The molecule has 3 heteroatoms. The van der Waals surface area contributed by atoms with Gasteiger partial charge in [-0.05, 0) is 33.1 Å². The van der Waals surface area contributed by atoms with Crippen molar-refractivity contribution in [3.8, 4) is 0 Å². The third-order valence-electron chi connectivity index (χ3n) is 2.34. The van der Waals surface area contributed by atoms with E-state index in [1.54, 1.807) is 0 Å². The summed E-state index contributed by atoms with van der Waals surface area (Å²) in [5.74, 6) is 0.395. The van der Waals surface area contributed by atoms with Gasteiger partial charge in [0.2, 0.25) is 0 Å². The lowest BCUT2D eigenvalue weighted by Gasteiger charge is -2.22. The van der Waals surface area contributed by atoms with Crippen molar-refractivity contribution in [1.29, 1.82) is 0 Å². The first kappa shape index (κ1) is 15.4. The summed E-state index contributed by atoms with van der Waals surface area (Å²) >= 11 is 0. The third kappa shape index (κ3) is 8.72. The molecule has 0 aromatic heterocycles. The average Bonchev–Trinajstić information content (AvgIpc) is 1.98. The highest BCUT2D eigenvalue weighted by Crippen LogP contribution is 2.15. The van der Waals surface area contributed by atoms with Crippen LogP contribution in [-0.4, -0.2) is 17.6 Å². The molecule has 0 saturated heterocycles. The van der Waals surface area contributed by atoms with E-state index >= 15 is 0 Å². The van der Waals surface area contributed by atoms with Crippen LogP contribution in [0.5, 0.6) is 0 Å². The van der Waals surface area contributed by atoms with Crippen LogP contribution < -0.4 is 5.73 Å². The maximum atomic E-state index is 11.5. The first-order valence-electron chi connectivity index (χ1n) is 6.22. The molecule has 0 aliphatic carbocycles. The number of carbonyl (C=O) groups is 1. The van der Waals surface area contributed by atoms with Gasteiger partial charge in [-0.15, -0.1) is 0 Å². The molecule has 0 aliphatic heterocycles. The topological polar surface area (TPSA) is 52.3 Å². The van der Waals surface area contributed by atoms with E-state index in [9.17, 15) is 4.79 Å². The summed E-state index contributed by atoms with van der Waals surface area (Å²) in [5.41, 5.74) is 5.51. The van der Waals surface area contributed by atoms with E-state index in [0.717, 1.165) is 6.42 Å². The summed E-state index contributed by atoms with van der Waals surface area (Å²) in [4.78, 5) is 11.5. The molecular weight excluding hydrogens is 202 g/mol. The normalized spacial score (nSPS) is 15.6. The second-order valence-electron chi connectivity index (χ2n) is 5.68. The Morgan fingerprint density at radius 3 is 2.38 bits per heavy atom. The van der Waals surface area contributed by atoms with Gasteiger partial charge in [-0.25, -0.2) is 0 Å². The van der Waals surface area contributed by atoms with Gasteiger partial charge in [0.15, 0.2) is 0 Å². The maximum Gasteiger partial charge on any atom is 0.307 e. The average molecular weight is 229 g/mol. The van der Waals surface area contributed by atoms with Crippen LogP contribution >= 0.6 is 0 Å². The van der Waals surface area contributed by atoms with Gasteiger partial charge in [-0.3, -0.25) is 4.79 Å². The zero-order valence-electron chi connectivity index (χ0n) is 11.4. The highest BCUT2D eigenvalue weighted by Gasteiger charge is 2.19. The molecule has 0 rings (SSSR count). The fourth-order valence-corrected chi connectivity index (χ4v) is 1.81. The van der Waals surface area contributed by atoms with Crippen molar-refractivity contribution >= 4 is 5.97 Å². The van der Waals surface area contributed by atoms with Crippen molar-refractivity contribution in [3.63, 3.8) is 0 Å². The van der Waals surface area contributed by atoms with Gasteiger partial charge in [-0.1, -0.05) is 26.7 Å². The Hall–Kier alpha value is -0.570. The maximum absolute atomic E-state index is 11.5. The number of hydrogen-bond donors (Lipinski definition) is 1. The Kier molecular flexibility index (Phi) is 6.65. The first-order chi connectivity index (χ1) is 7.24. The number of esters is 1. The van der Waals surface area contributed by atoms with Crippen LogP contribution in [0.4, 0.5) is 0 Å². The molecule has 0 saturated carbocycles. The van der Waals surface area contributed by atoms with Gasteiger partial charge in [-0.2, -0.15) is 0 Å². The van der Waals surface area contributed by atoms with E-state index in [1.807, 2.05) is 20.8 Å². The Bertz CT molecular complexity index is 208. The van der Waals surface area contributed by atoms with E-state index in [1.165, 1.54) is 12.8 Å². The smallest absolute Gasteiger partial charge is 0.307 e. The summed E-state index contributed by atoms with van der Waals surface area (Å²) in [6, 6.07) is -0.0728. The standard InChI is InChI=1S/C13H27NO2/c1-6-7-10(2)8-11(14)9-12(15)16-13(3,4)5/h10-11H,6-9,14H2,1-5H3/t10?,11-/m0/s1. The number of hydrogen-bond acceptors (Lipinski definition) is 3. The lowest BCUT2D eigenvalue weighted by Crippen LogP contribution is -2.31. The molecule has 1 unspecified atom stereocenters. The minimum atomic E-state index is -0.411. The second kappa shape index (κ2) is 6.89. The SMILES string of the molecule is CCCC(C)C[C@H](N)CC(=O)OC(C)(C)C. The van der Waals surface area contributed by atoms with E-state index < -0.39 is 5.60 Å². The summed E-state index contributed by atoms with van der Waals surface area (Å²) in [6.45, 7) is 9.96. The third-order valence-corrected chi connectivity index (χ3v) is 2.34. The number of carbonyl (C=O) groups excluding carboxylic acids is 1. The lowest BCUT2D eigenvalue weighted by atomic mass is 9.96. The van der Waals surface area contributed by atoms with Crippen LogP contribution in [0.15, 0.2) is 0 Å². The molecule has 0 aliphatic rings. The van der Waals surface area contributed by atoms with Crippen LogP contribution in [0, 0.1) is 5.92 Å². The predicted molar refractivity (Wildman–Crippen MR) is 67.1 cm³/mol. The molecule has 0 aromatic carbocycles. The van der Waals surface area contributed by atoms with Crippen molar-refractivity contribution in [2.45, 2.75) is 71.9 Å². The Labute approximate surface area is 99.7 Å². The number of rotatable bonds is 6. The van der Waals surface area contributed by atoms with Crippen molar-refractivity contribution in [2.24, 2.45) is 11.7 Å². The molecule has 0 amide bonds. The van der Waals surface area contributed by atoms with Crippen molar-refractivity contribution in [1.82, 2.24) is 0 Å². The number of ether oxygens (including phenoxy) is 1. The van der Waals surface area contributed by atoms with Crippen LogP contribution in [0.3, 0.4) is 0 Å². The molecule has 16 heavy (non-hydrogen) atoms. The highest BCUT2D eigenvalue weighted by molar-refractivity contribution is 5.70. The summed E-state index contributed by atoms with van der Waals surface area (Å²) < 4.78 is 5.23. The number of nitrogens with two attached hydrogens (primary N) is 1. The zero-order chi connectivity index (χ0) is 12.8. The monoisotopic (exact) mass is 229 g/mol. The van der Waals surface area contributed by atoms with Crippen molar-refractivity contribution in [2.75, 3.05) is 0 Å². The fourth-order valence-electron chi connectivity index (χ4n) is 1.81. The predicted octanol–water partition coefficient (Wildman–Crippen LogP) is 2.87. The van der Waals surface area contributed by atoms with Crippen LogP contribution in [0.1, 0.15) is 60.3 Å². The minimum Gasteiger partial charge on any atom is -0.460 e. The highest BCUT2D eigenvalue weighted by atomic mass is 16.6. The molecule has 3 nitrogen and oxygen atoms in total. The van der Waals surface area contributed by atoms with Gasteiger partial charge < -0.3 is 10.5 Å². The van der Waals surface area contributed by atoms with Crippen LogP contribution in [0.25, 0.3) is 0 Å². The molecule has 2 N–H and O–H groups in total. The van der Waals surface area contributed by atoms with Gasteiger partial charge >= 0.3 is 5.97 Å². The van der Waals surface area contributed by atoms with E-state index in [0.29, 0.717) is 12.3 Å². The molecule has 96 valence electrons. The van der Waals surface area contributed by atoms with E-state index in [2.05, 4.69) is 13.8 Å². The zero-order valence-corrected chi connectivity index (χ0v) is 11.4. The largest absolute Gasteiger partial charge is 0.460 e. The molecule has 0 spiro atoms. The summed E-state index contributed by atoms with van der Waals surface area (Å²) in [7, 11) is 0. The van der Waals surface area contributed by atoms with E-state index in [4.69, 9.17) is 10.5 Å². The molecule has 0 fully saturated rings. The molecule has 2 atom stereocenters. The van der Waals surface area contributed by atoms with Crippen LogP contribution in [0.2, 0.25) is 0 Å². The minimum absolute atomic E-state index is 0.0728. The second-order valence-corrected chi connectivity index (χ2v) is 5.68. The Morgan fingerprint density at radius 2 is 1.94 bits per heavy atom. The molecular formula is C13H27NO2. The van der Waals surface area contributed by atoms with Crippen molar-refractivity contribution < 1.29 is 9.53 Å².